The predicted molar refractivity (Wildman–Crippen MR) is 142 cm³/mol. The summed E-state index contributed by atoms with van der Waals surface area (Å²) < 4.78 is 1.95. The molecule has 36 heavy (non-hydrogen) atoms. The van der Waals surface area contributed by atoms with Crippen LogP contribution in [0.5, 0.6) is 0 Å². The molecule has 0 spiro atoms. The van der Waals surface area contributed by atoms with Crippen LogP contribution < -0.4 is 5.32 Å². The molecular weight excluding hydrogens is 470 g/mol. The average Bonchev–Trinajstić information content (AvgIpc) is 3.22. The molecule has 1 aromatic carbocycles. The highest BCUT2D eigenvalue weighted by Gasteiger charge is 2.43. The second-order valence-corrected chi connectivity index (χ2v) is 10.8. The third kappa shape index (κ3) is 4.53. The Morgan fingerprint density at radius 3 is 2.50 bits per heavy atom. The zero-order chi connectivity index (χ0) is 25.4. The highest BCUT2D eigenvalue weighted by Crippen LogP contribution is 2.39. The molecule has 184 valence electrons. The summed E-state index contributed by atoms with van der Waals surface area (Å²) in [5.41, 5.74) is 4.58. The van der Waals surface area contributed by atoms with Crippen LogP contribution in [0.15, 0.2) is 53.7 Å². The third-order valence-corrected chi connectivity index (χ3v) is 7.54. The number of imidazole rings is 1. The van der Waals surface area contributed by atoms with Crippen molar-refractivity contribution in [3.8, 4) is 0 Å². The Labute approximate surface area is 214 Å². The summed E-state index contributed by atoms with van der Waals surface area (Å²) in [4.78, 5) is 41.6. The Hall–Kier alpha value is -3.52. The number of amides is 1. The summed E-state index contributed by atoms with van der Waals surface area (Å²) in [5.74, 6) is 1.33. The number of benzene rings is 1. The van der Waals surface area contributed by atoms with Gasteiger partial charge < -0.3 is 9.72 Å². The lowest BCUT2D eigenvalue weighted by molar-refractivity contribution is -0.115. The highest BCUT2D eigenvalue weighted by atomic mass is 32.2. The van der Waals surface area contributed by atoms with Gasteiger partial charge in [-0.2, -0.15) is 0 Å². The van der Waals surface area contributed by atoms with Gasteiger partial charge in [0.1, 0.15) is 5.82 Å². The first-order valence-corrected chi connectivity index (χ1v) is 13.1. The molecule has 4 aromatic rings. The summed E-state index contributed by atoms with van der Waals surface area (Å²) in [6.07, 6.45) is 5.33. The molecule has 0 aliphatic heterocycles. The van der Waals surface area contributed by atoms with E-state index < -0.39 is 5.41 Å². The van der Waals surface area contributed by atoms with E-state index in [9.17, 15) is 9.59 Å². The summed E-state index contributed by atoms with van der Waals surface area (Å²) in [7, 11) is 0. The third-order valence-electron chi connectivity index (χ3n) is 6.65. The zero-order valence-electron chi connectivity index (χ0n) is 21.0. The number of fused-ring (bicyclic) bond motifs is 2. The first-order valence-electron chi connectivity index (χ1n) is 12.2. The lowest BCUT2D eigenvalue weighted by Gasteiger charge is -2.32. The molecule has 1 atom stereocenters. The molecule has 1 unspecified atom stereocenters. The van der Waals surface area contributed by atoms with Crippen molar-refractivity contribution in [2.75, 3.05) is 11.1 Å². The van der Waals surface area contributed by atoms with Crippen molar-refractivity contribution in [1.29, 1.82) is 0 Å². The number of ketones is 1. The molecule has 0 saturated heterocycles. The van der Waals surface area contributed by atoms with Crippen LogP contribution >= 0.6 is 11.8 Å². The highest BCUT2D eigenvalue weighted by molar-refractivity contribution is 7.99. The van der Waals surface area contributed by atoms with Crippen LogP contribution in [-0.2, 0) is 23.1 Å². The van der Waals surface area contributed by atoms with Gasteiger partial charge in [-0.25, -0.2) is 9.97 Å². The number of hydrogen-bond acceptors (Lipinski definition) is 6. The van der Waals surface area contributed by atoms with Crippen LogP contribution in [0.25, 0.3) is 5.65 Å². The van der Waals surface area contributed by atoms with E-state index in [1.54, 1.807) is 23.9 Å². The number of carbonyl (C=O) groups excluding carboxylic acids is 2. The Kier molecular flexibility index (Phi) is 6.38. The van der Waals surface area contributed by atoms with E-state index in [1.165, 1.54) is 4.90 Å². The van der Waals surface area contributed by atoms with Gasteiger partial charge in [0.05, 0.1) is 34.6 Å². The van der Waals surface area contributed by atoms with Crippen molar-refractivity contribution < 1.29 is 9.59 Å². The number of Topliss-reactive ketones (excluding diaryl/α,β-unsaturated/α-hetero) is 1. The van der Waals surface area contributed by atoms with Crippen molar-refractivity contribution in [3.05, 3.63) is 82.7 Å². The number of rotatable bonds is 6. The van der Waals surface area contributed by atoms with Crippen LogP contribution in [0.4, 0.5) is 5.82 Å². The number of aromatic nitrogens is 4. The molecule has 0 saturated carbocycles. The summed E-state index contributed by atoms with van der Waals surface area (Å²) in [5, 5.41) is 2.89. The molecule has 5 rings (SSSR count). The molecule has 3 aromatic heterocycles. The number of anilines is 1. The standard InChI is InChI=1S/C28H29N5O2S/c1-5-36-20-8-6-19(7-9-20)14-24(34)32-23-11-10-21-22(31-23)12-13-28(4,26(21)35)25-27-30-18(3)16-33(27)15-17(2)29-25/h6-11,15-16H,5,12-14H2,1-4H3,(H,31,32,34). The summed E-state index contributed by atoms with van der Waals surface area (Å²) in [6, 6.07) is 11.5. The van der Waals surface area contributed by atoms with Crippen LogP contribution in [0, 0.1) is 13.8 Å². The quantitative estimate of drug-likeness (QED) is 0.370. The zero-order valence-corrected chi connectivity index (χ0v) is 21.8. The van der Waals surface area contributed by atoms with Crippen molar-refractivity contribution in [3.63, 3.8) is 0 Å². The van der Waals surface area contributed by atoms with Gasteiger partial charge in [-0.05, 0) is 69.2 Å². The minimum absolute atomic E-state index is 0.0141. The Balaban J connectivity index is 1.35. The number of carbonyl (C=O) groups is 2. The second-order valence-electron chi connectivity index (χ2n) is 9.50. The molecule has 1 aliphatic carbocycles. The van der Waals surface area contributed by atoms with E-state index in [2.05, 4.69) is 22.2 Å². The molecule has 1 aliphatic rings. The Morgan fingerprint density at radius 2 is 1.78 bits per heavy atom. The maximum Gasteiger partial charge on any atom is 0.229 e. The molecular formula is C28H29N5O2S. The Morgan fingerprint density at radius 1 is 1.06 bits per heavy atom. The fraction of sp³-hybridized carbons (Fsp3) is 0.321. The predicted octanol–water partition coefficient (Wildman–Crippen LogP) is 5.12. The first-order chi connectivity index (χ1) is 17.3. The van der Waals surface area contributed by atoms with Gasteiger partial charge in [0, 0.05) is 22.9 Å². The lowest BCUT2D eigenvalue weighted by Crippen LogP contribution is -2.39. The van der Waals surface area contributed by atoms with Gasteiger partial charge in [-0.3, -0.25) is 14.6 Å². The number of thioether (sulfide) groups is 1. The topological polar surface area (TPSA) is 89.2 Å². The van der Waals surface area contributed by atoms with E-state index in [-0.39, 0.29) is 18.1 Å². The van der Waals surface area contributed by atoms with Gasteiger partial charge in [0.15, 0.2) is 11.4 Å². The number of pyridine rings is 1. The van der Waals surface area contributed by atoms with Crippen molar-refractivity contribution in [2.24, 2.45) is 0 Å². The minimum Gasteiger partial charge on any atom is -0.310 e. The normalized spacial score (nSPS) is 17.3. The largest absolute Gasteiger partial charge is 0.310 e. The molecule has 0 bridgehead atoms. The number of aryl methyl sites for hydroxylation is 3. The minimum atomic E-state index is -0.799. The number of nitrogens with zero attached hydrogens (tertiary/aromatic N) is 4. The number of nitrogens with one attached hydrogen (secondary N) is 1. The first kappa shape index (κ1) is 24.2. The van der Waals surface area contributed by atoms with Crippen molar-refractivity contribution >= 4 is 34.9 Å². The van der Waals surface area contributed by atoms with Crippen LogP contribution in [0.3, 0.4) is 0 Å². The van der Waals surface area contributed by atoms with E-state index in [1.807, 2.05) is 61.8 Å². The molecule has 1 amide bonds. The maximum atomic E-state index is 13.7. The molecule has 7 nitrogen and oxygen atoms in total. The van der Waals surface area contributed by atoms with Gasteiger partial charge in [0.25, 0.3) is 0 Å². The van der Waals surface area contributed by atoms with Gasteiger partial charge >= 0.3 is 0 Å². The van der Waals surface area contributed by atoms with Crippen molar-refractivity contribution in [2.45, 2.75) is 57.3 Å². The smallest absolute Gasteiger partial charge is 0.229 e. The number of hydrogen-bond donors (Lipinski definition) is 1. The fourth-order valence-electron chi connectivity index (χ4n) is 4.83. The van der Waals surface area contributed by atoms with Crippen LogP contribution in [0.2, 0.25) is 0 Å². The fourth-order valence-corrected chi connectivity index (χ4v) is 5.49. The van der Waals surface area contributed by atoms with Crippen LogP contribution in [0.1, 0.15) is 59.0 Å². The monoisotopic (exact) mass is 499 g/mol. The molecule has 3 heterocycles. The maximum absolute atomic E-state index is 13.7. The van der Waals surface area contributed by atoms with E-state index in [0.29, 0.717) is 35.6 Å². The van der Waals surface area contributed by atoms with E-state index in [0.717, 1.165) is 28.4 Å². The van der Waals surface area contributed by atoms with E-state index >= 15 is 0 Å². The van der Waals surface area contributed by atoms with Gasteiger partial charge in [-0.1, -0.05) is 19.1 Å². The molecule has 8 heteroatoms. The Bertz CT molecular complexity index is 1480. The summed E-state index contributed by atoms with van der Waals surface area (Å²) >= 11 is 1.77. The van der Waals surface area contributed by atoms with Gasteiger partial charge in [-0.15, -0.1) is 11.8 Å². The van der Waals surface area contributed by atoms with E-state index in [4.69, 9.17) is 4.98 Å². The van der Waals surface area contributed by atoms with Crippen LogP contribution in [-0.4, -0.2) is 36.8 Å². The molecule has 1 N–H and O–H groups in total. The molecule has 0 fully saturated rings. The molecule has 0 radical (unpaired) electrons. The SMILES string of the molecule is CCSc1ccc(CC(=O)Nc2ccc3c(n2)CCC(C)(c2nc(C)cn4cc(C)nc24)C3=O)cc1. The van der Waals surface area contributed by atoms with Crippen molar-refractivity contribution in [1.82, 2.24) is 19.4 Å². The van der Waals surface area contributed by atoms with Gasteiger partial charge in [0.2, 0.25) is 5.91 Å². The lowest BCUT2D eigenvalue weighted by atomic mass is 9.71. The second kappa shape index (κ2) is 9.50. The average molecular weight is 500 g/mol. The summed E-state index contributed by atoms with van der Waals surface area (Å²) in [6.45, 7) is 7.93.